The molecule has 1 aromatic carbocycles. The van der Waals surface area contributed by atoms with Gasteiger partial charge in [-0.2, -0.15) is 5.26 Å². The first kappa shape index (κ1) is 15.5. The van der Waals surface area contributed by atoms with E-state index in [9.17, 15) is 14.3 Å². The summed E-state index contributed by atoms with van der Waals surface area (Å²) in [6, 6.07) is 5.48. The number of rotatable bonds is 3. The van der Waals surface area contributed by atoms with Crippen LogP contribution in [0.1, 0.15) is 37.8 Å². The summed E-state index contributed by atoms with van der Waals surface area (Å²) in [4.78, 5) is 13.5. The smallest absolute Gasteiger partial charge is 0.321 e. The molecule has 1 heterocycles. The van der Waals surface area contributed by atoms with Gasteiger partial charge < -0.3 is 5.11 Å². The molecule has 0 spiro atoms. The fourth-order valence-corrected chi connectivity index (χ4v) is 3.20. The van der Waals surface area contributed by atoms with Gasteiger partial charge >= 0.3 is 5.97 Å². The number of benzene rings is 1. The molecule has 0 radical (unpaired) electrons. The molecule has 1 fully saturated rings. The minimum absolute atomic E-state index is 0.258. The van der Waals surface area contributed by atoms with Gasteiger partial charge in [0.05, 0.1) is 11.6 Å². The number of carboxylic acids is 1. The Bertz CT molecular complexity index is 592. The Morgan fingerprint density at radius 1 is 1.52 bits per heavy atom. The largest absolute Gasteiger partial charge is 0.480 e. The molecule has 1 saturated heterocycles. The van der Waals surface area contributed by atoms with Gasteiger partial charge in [0.25, 0.3) is 0 Å². The van der Waals surface area contributed by atoms with Crippen molar-refractivity contribution in [1.82, 2.24) is 4.90 Å². The molecule has 0 aromatic heterocycles. The minimum Gasteiger partial charge on any atom is -0.480 e. The first-order valence-corrected chi connectivity index (χ1v) is 7.00. The van der Waals surface area contributed by atoms with E-state index in [0.29, 0.717) is 18.7 Å². The van der Waals surface area contributed by atoms with Crippen LogP contribution >= 0.6 is 0 Å². The van der Waals surface area contributed by atoms with E-state index in [1.165, 1.54) is 12.1 Å². The van der Waals surface area contributed by atoms with Gasteiger partial charge in [-0.1, -0.05) is 13.8 Å². The highest BCUT2D eigenvalue weighted by atomic mass is 19.1. The number of piperidine rings is 1. The van der Waals surface area contributed by atoms with E-state index in [1.807, 2.05) is 24.8 Å². The lowest BCUT2D eigenvalue weighted by molar-refractivity contribution is -0.151. The van der Waals surface area contributed by atoms with Crippen LogP contribution < -0.4 is 0 Å². The van der Waals surface area contributed by atoms with Gasteiger partial charge in [-0.15, -0.1) is 0 Å². The minimum atomic E-state index is -0.850. The number of nitrogens with zero attached hydrogens (tertiary/aromatic N) is 2. The van der Waals surface area contributed by atoms with E-state index >= 15 is 0 Å². The van der Waals surface area contributed by atoms with Crippen molar-refractivity contribution in [3.05, 3.63) is 35.1 Å². The molecule has 0 bridgehead atoms. The first-order valence-electron chi connectivity index (χ1n) is 7.00. The summed E-state index contributed by atoms with van der Waals surface area (Å²) in [6.07, 6.45) is 1.77. The molecular formula is C16H19FN2O2. The monoisotopic (exact) mass is 290 g/mol. The second kappa shape index (κ2) is 5.82. The Hall–Kier alpha value is -1.93. The standard InChI is InChI=1S/C16H19FN2O2/c1-16(2)4-3-5-19(14(16)15(20)21)10-12-6-11(9-18)7-13(17)8-12/h6-8,14H,3-5,10H2,1-2H3,(H,20,21). The van der Waals surface area contributed by atoms with Crippen LogP contribution in [-0.2, 0) is 11.3 Å². The summed E-state index contributed by atoms with van der Waals surface area (Å²) in [6.45, 7) is 4.90. The van der Waals surface area contributed by atoms with Crippen molar-refractivity contribution in [1.29, 1.82) is 5.26 Å². The number of aliphatic carboxylic acids is 1. The number of carbonyl (C=O) groups is 1. The van der Waals surface area contributed by atoms with Gasteiger partial charge in [-0.3, -0.25) is 9.69 Å². The van der Waals surface area contributed by atoms with Crippen LogP contribution in [0.5, 0.6) is 0 Å². The number of hydrogen-bond acceptors (Lipinski definition) is 3. The molecule has 0 saturated carbocycles. The average molecular weight is 290 g/mol. The number of carboxylic acid groups (broad SMARTS) is 1. The molecular weight excluding hydrogens is 271 g/mol. The molecule has 0 amide bonds. The van der Waals surface area contributed by atoms with E-state index in [-0.39, 0.29) is 11.0 Å². The molecule has 1 aromatic rings. The van der Waals surface area contributed by atoms with Crippen molar-refractivity contribution in [2.24, 2.45) is 5.41 Å². The molecule has 1 aliphatic heterocycles. The van der Waals surface area contributed by atoms with Crippen LogP contribution in [0.3, 0.4) is 0 Å². The highest BCUT2D eigenvalue weighted by Crippen LogP contribution is 2.36. The molecule has 5 heteroatoms. The van der Waals surface area contributed by atoms with Gasteiger partial charge in [0.1, 0.15) is 11.9 Å². The van der Waals surface area contributed by atoms with Crippen molar-refractivity contribution in [3.63, 3.8) is 0 Å². The molecule has 4 nitrogen and oxygen atoms in total. The van der Waals surface area contributed by atoms with Gasteiger partial charge in [0.2, 0.25) is 0 Å². The maximum atomic E-state index is 13.5. The zero-order chi connectivity index (χ0) is 15.6. The summed E-state index contributed by atoms with van der Waals surface area (Å²) in [7, 11) is 0. The summed E-state index contributed by atoms with van der Waals surface area (Å²) < 4.78 is 13.5. The van der Waals surface area contributed by atoms with E-state index in [0.717, 1.165) is 12.8 Å². The Labute approximate surface area is 123 Å². The van der Waals surface area contributed by atoms with E-state index in [1.54, 1.807) is 6.07 Å². The average Bonchev–Trinajstić information content (AvgIpc) is 2.36. The lowest BCUT2D eigenvalue weighted by Gasteiger charge is -2.44. The number of nitriles is 1. The highest BCUT2D eigenvalue weighted by Gasteiger charge is 2.42. The van der Waals surface area contributed by atoms with Crippen molar-refractivity contribution in [3.8, 4) is 6.07 Å². The Kier molecular flexibility index (Phi) is 4.29. The summed E-state index contributed by atoms with van der Waals surface area (Å²) in [5.41, 5.74) is 0.568. The van der Waals surface area contributed by atoms with Crippen molar-refractivity contribution in [2.45, 2.75) is 39.3 Å². The fourth-order valence-electron chi connectivity index (χ4n) is 3.20. The molecule has 21 heavy (non-hydrogen) atoms. The number of likely N-dealkylation sites (tertiary alicyclic amines) is 1. The third-order valence-corrected chi connectivity index (χ3v) is 4.08. The van der Waals surface area contributed by atoms with Crippen molar-refractivity contribution >= 4 is 5.97 Å². The molecule has 1 unspecified atom stereocenters. The normalized spacial score (nSPS) is 21.7. The molecule has 1 N–H and O–H groups in total. The van der Waals surface area contributed by atoms with Gasteiger partial charge in [-0.05, 0) is 48.6 Å². The maximum Gasteiger partial charge on any atom is 0.321 e. The molecule has 112 valence electrons. The molecule has 2 rings (SSSR count). The quantitative estimate of drug-likeness (QED) is 0.929. The van der Waals surface area contributed by atoms with Crippen LogP contribution in [0.2, 0.25) is 0 Å². The Balaban J connectivity index is 2.27. The highest BCUT2D eigenvalue weighted by molar-refractivity contribution is 5.74. The first-order chi connectivity index (χ1) is 9.83. The zero-order valence-electron chi connectivity index (χ0n) is 12.3. The molecule has 1 atom stereocenters. The van der Waals surface area contributed by atoms with Gasteiger partial charge in [0.15, 0.2) is 0 Å². The molecule has 0 aliphatic carbocycles. The van der Waals surface area contributed by atoms with Crippen LogP contribution in [-0.4, -0.2) is 28.6 Å². The fraction of sp³-hybridized carbons (Fsp3) is 0.500. The van der Waals surface area contributed by atoms with E-state index in [4.69, 9.17) is 5.26 Å². The van der Waals surface area contributed by atoms with Crippen molar-refractivity contribution < 1.29 is 14.3 Å². The van der Waals surface area contributed by atoms with E-state index < -0.39 is 17.8 Å². The predicted octanol–water partition coefficient (Wildman–Crippen LogP) is 2.77. The Morgan fingerprint density at radius 2 is 2.24 bits per heavy atom. The van der Waals surface area contributed by atoms with Crippen LogP contribution in [0.15, 0.2) is 18.2 Å². The maximum absolute atomic E-state index is 13.5. The summed E-state index contributed by atoms with van der Waals surface area (Å²) in [5, 5.41) is 18.4. The number of halogens is 1. The second-order valence-corrected chi connectivity index (χ2v) is 6.26. The molecule has 1 aliphatic rings. The van der Waals surface area contributed by atoms with Crippen LogP contribution in [0.4, 0.5) is 4.39 Å². The van der Waals surface area contributed by atoms with Crippen LogP contribution in [0, 0.1) is 22.6 Å². The van der Waals surface area contributed by atoms with Gasteiger partial charge in [-0.25, -0.2) is 4.39 Å². The Morgan fingerprint density at radius 3 is 2.86 bits per heavy atom. The predicted molar refractivity (Wildman–Crippen MR) is 76.0 cm³/mol. The zero-order valence-corrected chi connectivity index (χ0v) is 12.3. The number of hydrogen-bond donors (Lipinski definition) is 1. The SMILES string of the molecule is CC1(C)CCCN(Cc2cc(F)cc(C#N)c2)C1C(=O)O. The van der Waals surface area contributed by atoms with Crippen molar-refractivity contribution in [2.75, 3.05) is 6.54 Å². The summed E-state index contributed by atoms with van der Waals surface area (Å²) >= 11 is 0. The van der Waals surface area contributed by atoms with Crippen LogP contribution in [0.25, 0.3) is 0 Å². The lowest BCUT2D eigenvalue weighted by Crippen LogP contribution is -2.53. The van der Waals surface area contributed by atoms with Gasteiger partial charge in [0, 0.05) is 6.54 Å². The third-order valence-electron chi connectivity index (χ3n) is 4.08. The van der Waals surface area contributed by atoms with E-state index in [2.05, 4.69) is 0 Å². The lowest BCUT2D eigenvalue weighted by atomic mass is 9.76. The topological polar surface area (TPSA) is 64.3 Å². The third kappa shape index (κ3) is 3.40. The second-order valence-electron chi connectivity index (χ2n) is 6.26. The summed E-state index contributed by atoms with van der Waals surface area (Å²) in [5.74, 6) is -1.32.